The van der Waals surface area contributed by atoms with E-state index in [9.17, 15) is 4.79 Å². The van der Waals surface area contributed by atoms with Crippen LogP contribution >= 0.6 is 11.6 Å². The molecule has 0 saturated carbocycles. The number of carbonyl (C=O) groups excluding carboxylic acids is 1. The maximum Gasteiger partial charge on any atom is 0.251 e. The van der Waals surface area contributed by atoms with Crippen molar-refractivity contribution in [1.82, 2.24) is 15.1 Å². The number of halogens is 1. The lowest BCUT2D eigenvalue weighted by Gasteiger charge is -2.38. The van der Waals surface area contributed by atoms with Gasteiger partial charge in [0.2, 0.25) is 0 Å². The summed E-state index contributed by atoms with van der Waals surface area (Å²) in [5.74, 6) is -0.0325. The molecule has 0 spiro atoms. The molecule has 1 atom stereocenters. The molecule has 5 heteroatoms. The van der Waals surface area contributed by atoms with Crippen molar-refractivity contribution in [2.24, 2.45) is 0 Å². The first kappa shape index (κ1) is 19.9. The zero-order valence-electron chi connectivity index (χ0n) is 16.6. The highest BCUT2D eigenvalue weighted by molar-refractivity contribution is 6.30. The van der Waals surface area contributed by atoms with Gasteiger partial charge in [-0.25, -0.2) is 0 Å². The quantitative estimate of drug-likeness (QED) is 0.688. The predicted octanol–water partition coefficient (Wildman–Crippen LogP) is 4.21. The van der Waals surface area contributed by atoms with Gasteiger partial charge in [-0.15, -0.1) is 0 Å². The molecule has 4 nitrogen and oxygen atoms in total. The molecular weight excluding hydrogens is 382 g/mol. The smallest absolute Gasteiger partial charge is 0.251 e. The molecule has 3 aromatic carbocycles. The van der Waals surface area contributed by atoms with Gasteiger partial charge in [-0.2, -0.15) is 0 Å². The van der Waals surface area contributed by atoms with Crippen molar-refractivity contribution in [2.45, 2.75) is 6.04 Å². The van der Waals surface area contributed by atoms with E-state index in [1.165, 1.54) is 5.56 Å². The first-order valence-corrected chi connectivity index (χ1v) is 10.4. The minimum absolute atomic E-state index is 0.0325. The summed E-state index contributed by atoms with van der Waals surface area (Å²) in [6, 6.07) is 22.0. The van der Waals surface area contributed by atoms with E-state index in [2.05, 4.69) is 34.3 Å². The number of fused-ring (bicyclic) bond motifs is 1. The molecule has 0 bridgehead atoms. The van der Waals surface area contributed by atoms with Gasteiger partial charge in [0.05, 0.1) is 6.04 Å². The lowest BCUT2D eigenvalue weighted by Crippen LogP contribution is -2.48. The zero-order chi connectivity index (χ0) is 20.2. The number of carbonyl (C=O) groups is 1. The Morgan fingerprint density at radius 2 is 1.66 bits per heavy atom. The standard InChI is InChI=1S/C24H26ClN3O/c1-27-13-15-28(16-14-27)23(19-9-11-20(25)12-10-19)17-26-24(29)22-8-4-6-18-5-2-3-7-21(18)22/h2-12,23H,13-17H2,1H3,(H,26,29)/t23-/m0/s1. The van der Waals surface area contributed by atoms with E-state index in [-0.39, 0.29) is 11.9 Å². The Balaban J connectivity index is 1.54. The number of nitrogens with zero attached hydrogens (tertiary/aromatic N) is 2. The van der Waals surface area contributed by atoms with E-state index >= 15 is 0 Å². The molecule has 1 heterocycles. The first-order chi connectivity index (χ1) is 14.1. The van der Waals surface area contributed by atoms with Crippen molar-refractivity contribution in [2.75, 3.05) is 39.8 Å². The third kappa shape index (κ3) is 4.61. The molecule has 0 aromatic heterocycles. The van der Waals surface area contributed by atoms with Gasteiger partial charge in [-0.1, -0.05) is 60.1 Å². The lowest BCUT2D eigenvalue weighted by molar-refractivity contribution is 0.0887. The van der Waals surface area contributed by atoms with Crippen molar-refractivity contribution < 1.29 is 4.79 Å². The lowest BCUT2D eigenvalue weighted by atomic mass is 10.0. The van der Waals surface area contributed by atoms with Crippen LogP contribution in [0.4, 0.5) is 0 Å². The second-order valence-electron chi connectivity index (χ2n) is 7.64. The summed E-state index contributed by atoms with van der Waals surface area (Å²) in [7, 11) is 2.15. The summed E-state index contributed by atoms with van der Waals surface area (Å²) >= 11 is 6.09. The molecule has 150 valence electrons. The van der Waals surface area contributed by atoms with Crippen LogP contribution in [0.5, 0.6) is 0 Å². The Morgan fingerprint density at radius 1 is 0.966 bits per heavy atom. The molecule has 1 N–H and O–H groups in total. The van der Waals surface area contributed by atoms with Crippen molar-refractivity contribution in [1.29, 1.82) is 0 Å². The van der Waals surface area contributed by atoms with Gasteiger partial charge in [0.1, 0.15) is 0 Å². The number of hydrogen-bond acceptors (Lipinski definition) is 3. The second kappa shape index (κ2) is 8.95. The number of hydrogen-bond donors (Lipinski definition) is 1. The molecule has 1 amide bonds. The molecule has 0 aliphatic carbocycles. The van der Waals surface area contributed by atoms with Crippen LogP contribution in [-0.4, -0.2) is 55.5 Å². The van der Waals surface area contributed by atoms with E-state index in [1.54, 1.807) is 0 Å². The Hall–Kier alpha value is -2.40. The molecule has 4 rings (SSSR count). The van der Waals surface area contributed by atoms with Crippen LogP contribution in [0.3, 0.4) is 0 Å². The number of amides is 1. The highest BCUT2D eigenvalue weighted by Crippen LogP contribution is 2.24. The average Bonchev–Trinajstić information content (AvgIpc) is 2.75. The van der Waals surface area contributed by atoms with E-state index < -0.39 is 0 Å². The normalized spacial score (nSPS) is 16.6. The van der Waals surface area contributed by atoms with Crippen LogP contribution in [0.1, 0.15) is 22.0 Å². The SMILES string of the molecule is CN1CCN([C@@H](CNC(=O)c2cccc3ccccc23)c2ccc(Cl)cc2)CC1. The van der Waals surface area contributed by atoms with E-state index in [0.29, 0.717) is 6.54 Å². The minimum Gasteiger partial charge on any atom is -0.350 e. The number of likely N-dealkylation sites (N-methyl/N-ethyl adjacent to an activating group) is 1. The van der Waals surface area contributed by atoms with Crippen molar-refractivity contribution in [3.8, 4) is 0 Å². The van der Waals surface area contributed by atoms with Crippen LogP contribution in [0.15, 0.2) is 66.7 Å². The molecule has 0 unspecified atom stereocenters. The highest BCUT2D eigenvalue weighted by Gasteiger charge is 2.24. The minimum atomic E-state index is -0.0325. The number of nitrogens with one attached hydrogen (secondary N) is 1. The predicted molar refractivity (Wildman–Crippen MR) is 120 cm³/mol. The molecule has 1 aliphatic rings. The van der Waals surface area contributed by atoms with Gasteiger partial charge >= 0.3 is 0 Å². The molecule has 1 saturated heterocycles. The van der Waals surface area contributed by atoms with Crippen LogP contribution in [0.2, 0.25) is 5.02 Å². The average molecular weight is 408 g/mol. The van der Waals surface area contributed by atoms with Crippen LogP contribution in [0, 0.1) is 0 Å². The largest absolute Gasteiger partial charge is 0.350 e. The summed E-state index contributed by atoms with van der Waals surface area (Å²) in [6.07, 6.45) is 0. The summed E-state index contributed by atoms with van der Waals surface area (Å²) in [4.78, 5) is 17.8. The van der Waals surface area contributed by atoms with Gasteiger partial charge in [0.15, 0.2) is 0 Å². The molecular formula is C24H26ClN3O. The van der Waals surface area contributed by atoms with Crippen LogP contribution < -0.4 is 5.32 Å². The van der Waals surface area contributed by atoms with E-state index in [0.717, 1.165) is 47.5 Å². The summed E-state index contributed by atoms with van der Waals surface area (Å²) in [5, 5.41) is 5.97. The fourth-order valence-electron chi connectivity index (χ4n) is 3.98. The fraction of sp³-hybridized carbons (Fsp3) is 0.292. The molecule has 3 aromatic rings. The van der Waals surface area contributed by atoms with E-state index in [1.807, 2.05) is 54.6 Å². The van der Waals surface area contributed by atoms with Crippen LogP contribution in [0.25, 0.3) is 10.8 Å². The Morgan fingerprint density at radius 3 is 2.41 bits per heavy atom. The summed E-state index contributed by atoms with van der Waals surface area (Å²) in [5.41, 5.74) is 1.90. The van der Waals surface area contributed by atoms with Gasteiger partial charge in [-0.3, -0.25) is 9.69 Å². The summed E-state index contributed by atoms with van der Waals surface area (Å²) in [6.45, 7) is 4.58. The Kier molecular flexibility index (Phi) is 6.14. The molecule has 29 heavy (non-hydrogen) atoms. The zero-order valence-corrected chi connectivity index (χ0v) is 17.4. The summed E-state index contributed by atoms with van der Waals surface area (Å²) < 4.78 is 0. The topological polar surface area (TPSA) is 35.6 Å². The maximum atomic E-state index is 13.0. The first-order valence-electron chi connectivity index (χ1n) is 10.1. The van der Waals surface area contributed by atoms with Gasteiger partial charge in [-0.05, 0) is 41.6 Å². The maximum absolute atomic E-state index is 13.0. The highest BCUT2D eigenvalue weighted by atomic mass is 35.5. The second-order valence-corrected chi connectivity index (χ2v) is 8.08. The number of benzene rings is 3. The van der Waals surface area contributed by atoms with Crippen molar-refractivity contribution >= 4 is 28.3 Å². The fourth-order valence-corrected chi connectivity index (χ4v) is 4.11. The molecule has 1 aliphatic heterocycles. The van der Waals surface area contributed by atoms with Crippen molar-refractivity contribution in [3.63, 3.8) is 0 Å². The van der Waals surface area contributed by atoms with Gasteiger partial charge < -0.3 is 10.2 Å². The third-order valence-electron chi connectivity index (χ3n) is 5.72. The molecule has 1 fully saturated rings. The number of piperazine rings is 1. The van der Waals surface area contributed by atoms with Gasteiger partial charge in [0, 0.05) is 43.3 Å². The molecule has 0 radical (unpaired) electrons. The van der Waals surface area contributed by atoms with Crippen LogP contribution in [-0.2, 0) is 0 Å². The van der Waals surface area contributed by atoms with E-state index in [4.69, 9.17) is 11.6 Å². The Bertz CT molecular complexity index is 976. The number of rotatable bonds is 5. The monoisotopic (exact) mass is 407 g/mol. The third-order valence-corrected chi connectivity index (χ3v) is 5.98. The van der Waals surface area contributed by atoms with Gasteiger partial charge in [0.25, 0.3) is 5.91 Å². The Labute approximate surface area is 177 Å². The van der Waals surface area contributed by atoms with Crippen molar-refractivity contribution in [3.05, 3.63) is 82.9 Å².